The van der Waals surface area contributed by atoms with Crippen molar-refractivity contribution in [2.75, 3.05) is 5.32 Å². The van der Waals surface area contributed by atoms with E-state index >= 15 is 0 Å². The topological polar surface area (TPSA) is 74.8 Å². The highest BCUT2D eigenvalue weighted by atomic mass is 79.9. The van der Waals surface area contributed by atoms with Crippen LogP contribution in [0.15, 0.2) is 50.0 Å². The van der Waals surface area contributed by atoms with E-state index in [-0.39, 0.29) is 16.8 Å². The minimum absolute atomic E-state index is 0.0950. The van der Waals surface area contributed by atoms with E-state index in [4.69, 9.17) is 4.98 Å². The highest BCUT2D eigenvalue weighted by Crippen LogP contribution is 2.48. The summed E-state index contributed by atoms with van der Waals surface area (Å²) in [5.74, 6) is 0.224. The predicted octanol–water partition coefficient (Wildman–Crippen LogP) is 5.62. The Morgan fingerprint density at radius 1 is 1.27 bits per heavy atom. The number of aromatic amines is 1. The third-order valence-corrected chi connectivity index (χ3v) is 7.68. The van der Waals surface area contributed by atoms with Crippen molar-refractivity contribution >= 4 is 39.3 Å². The van der Waals surface area contributed by atoms with Crippen molar-refractivity contribution in [3.63, 3.8) is 0 Å². The third kappa shape index (κ3) is 3.89. The number of H-pyrrole nitrogens is 1. The molecule has 1 aliphatic heterocycles. The first-order valence-corrected chi connectivity index (χ1v) is 12.0. The van der Waals surface area contributed by atoms with Gasteiger partial charge in [-0.2, -0.15) is 0 Å². The lowest BCUT2D eigenvalue weighted by molar-refractivity contribution is -0.118. The minimum Gasteiger partial charge on any atom is -0.343 e. The van der Waals surface area contributed by atoms with Crippen molar-refractivity contribution in [1.82, 2.24) is 9.97 Å². The summed E-state index contributed by atoms with van der Waals surface area (Å²) in [5.41, 5.74) is 2.69. The molecule has 1 aromatic carbocycles. The van der Waals surface area contributed by atoms with Crippen LogP contribution in [0.25, 0.3) is 0 Å². The van der Waals surface area contributed by atoms with Gasteiger partial charge in [0, 0.05) is 33.3 Å². The lowest BCUT2D eigenvalue weighted by Gasteiger charge is -2.38. The van der Waals surface area contributed by atoms with Crippen molar-refractivity contribution in [3.05, 3.63) is 61.5 Å². The predicted molar refractivity (Wildman–Crippen MR) is 125 cm³/mol. The number of hydrogen-bond acceptors (Lipinski definition) is 5. The number of aromatic nitrogens is 2. The average molecular weight is 488 g/mol. The maximum absolute atomic E-state index is 13.3. The van der Waals surface area contributed by atoms with Crippen LogP contribution in [0.3, 0.4) is 0 Å². The van der Waals surface area contributed by atoms with Crippen LogP contribution in [-0.4, -0.2) is 21.0 Å². The molecule has 0 spiro atoms. The Labute approximate surface area is 189 Å². The SMILES string of the molecule is CC[C@H](C)Sc1nc2c(c(=O)[nH]1)[C@H](c1ccccc1Br)C1=C(CC(C)(C)CC1=O)N2. The first-order valence-electron chi connectivity index (χ1n) is 10.3. The molecule has 0 saturated heterocycles. The number of thioether (sulfide) groups is 1. The van der Waals surface area contributed by atoms with Gasteiger partial charge in [-0.25, -0.2) is 4.98 Å². The highest BCUT2D eigenvalue weighted by molar-refractivity contribution is 9.10. The summed E-state index contributed by atoms with van der Waals surface area (Å²) >= 11 is 5.19. The van der Waals surface area contributed by atoms with Gasteiger partial charge in [-0.05, 0) is 29.9 Å². The van der Waals surface area contributed by atoms with E-state index in [9.17, 15) is 9.59 Å². The first kappa shape index (κ1) is 21.4. The van der Waals surface area contributed by atoms with Crippen LogP contribution < -0.4 is 10.9 Å². The molecule has 0 fully saturated rings. The lowest BCUT2D eigenvalue weighted by atomic mass is 9.69. The molecule has 0 radical (unpaired) electrons. The standard InChI is InChI=1S/C23H26BrN3O2S/c1-5-12(2)30-22-26-20-19(21(29)27-22)17(13-8-6-7-9-14(13)24)18-15(25-20)10-23(3,4)11-16(18)28/h6-9,12,17H,5,10-11H2,1-4H3,(H2,25,26,27,29)/t12-,17+/m0/s1. The van der Waals surface area contributed by atoms with Crippen LogP contribution >= 0.6 is 27.7 Å². The zero-order chi connectivity index (χ0) is 21.6. The quantitative estimate of drug-likeness (QED) is 0.432. The van der Waals surface area contributed by atoms with Crippen molar-refractivity contribution in [2.24, 2.45) is 5.41 Å². The van der Waals surface area contributed by atoms with Gasteiger partial charge in [0.05, 0.1) is 5.56 Å². The van der Waals surface area contributed by atoms with Crippen LogP contribution in [0.2, 0.25) is 0 Å². The number of carbonyl (C=O) groups excluding carboxylic acids is 1. The molecule has 2 aliphatic rings. The summed E-state index contributed by atoms with van der Waals surface area (Å²) in [5, 5.41) is 4.33. The van der Waals surface area contributed by atoms with Crippen molar-refractivity contribution < 1.29 is 4.79 Å². The molecule has 0 saturated carbocycles. The zero-order valence-electron chi connectivity index (χ0n) is 17.6. The van der Waals surface area contributed by atoms with Crippen LogP contribution in [0.1, 0.15) is 64.0 Å². The molecular weight excluding hydrogens is 462 g/mol. The summed E-state index contributed by atoms with van der Waals surface area (Å²) < 4.78 is 0.879. The normalized spacial score (nSPS) is 21.0. The molecule has 2 heterocycles. The molecule has 0 amide bonds. The summed E-state index contributed by atoms with van der Waals surface area (Å²) in [7, 11) is 0. The second-order valence-corrected chi connectivity index (χ2v) is 11.2. The van der Waals surface area contributed by atoms with E-state index in [0.717, 1.165) is 28.6 Å². The number of fused-ring (bicyclic) bond motifs is 1. The largest absolute Gasteiger partial charge is 0.343 e. The summed E-state index contributed by atoms with van der Waals surface area (Å²) in [6, 6.07) is 7.80. The molecule has 1 aliphatic carbocycles. The van der Waals surface area contributed by atoms with Gasteiger partial charge in [0.2, 0.25) is 0 Å². The molecule has 30 heavy (non-hydrogen) atoms. The van der Waals surface area contributed by atoms with Crippen LogP contribution in [0.5, 0.6) is 0 Å². The van der Waals surface area contributed by atoms with Gasteiger partial charge in [-0.3, -0.25) is 9.59 Å². The number of halogens is 1. The molecule has 2 atom stereocenters. The van der Waals surface area contributed by atoms with E-state index in [1.807, 2.05) is 24.3 Å². The van der Waals surface area contributed by atoms with E-state index < -0.39 is 5.92 Å². The van der Waals surface area contributed by atoms with E-state index in [2.05, 4.69) is 53.9 Å². The van der Waals surface area contributed by atoms with Crippen LogP contribution in [0.4, 0.5) is 5.82 Å². The molecule has 0 bridgehead atoms. The number of anilines is 1. The molecule has 0 unspecified atom stereocenters. The molecule has 4 rings (SSSR count). The van der Waals surface area contributed by atoms with Crippen molar-refractivity contribution in [1.29, 1.82) is 0 Å². The lowest BCUT2D eigenvalue weighted by Crippen LogP contribution is -2.37. The monoisotopic (exact) mass is 487 g/mol. The van der Waals surface area contributed by atoms with Gasteiger partial charge < -0.3 is 10.3 Å². The van der Waals surface area contributed by atoms with Gasteiger partial charge in [-0.1, -0.05) is 73.6 Å². The Balaban J connectivity index is 1.93. The van der Waals surface area contributed by atoms with E-state index in [1.165, 1.54) is 0 Å². The maximum Gasteiger partial charge on any atom is 0.257 e. The van der Waals surface area contributed by atoms with Crippen molar-refractivity contribution in [3.8, 4) is 0 Å². The first-order chi connectivity index (χ1) is 14.2. The number of benzene rings is 1. The number of hydrogen-bond donors (Lipinski definition) is 2. The molecule has 2 aromatic rings. The second kappa shape index (κ2) is 8.00. The molecule has 5 nitrogen and oxygen atoms in total. The minimum atomic E-state index is -0.436. The Bertz CT molecular complexity index is 1110. The number of rotatable bonds is 4. The fourth-order valence-electron chi connectivity index (χ4n) is 4.24. The number of ketones is 1. The Morgan fingerprint density at radius 2 is 2.00 bits per heavy atom. The number of allylic oxidation sites excluding steroid dienone is 2. The fourth-order valence-corrected chi connectivity index (χ4v) is 5.60. The van der Waals surface area contributed by atoms with Gasteiger partial charge in [0.15, 0.2) is 10.9 Å². The van der Waals surface area contributed by atoms with E-state index in [0.29, 0.717) is 33.8 Å². The Kier molecular flexibility index (Phi) is 5.70. The molecule has 2 N–H and O–H groups in total. The summed E-state index contributed by atoms with van der Waals surface area (Å²) in [4.78, 5) is 34.2. The highest BCUT2D eigenvalue weighted by Gasteiger charge is 2.42. The maximum atomic E-state index is 13.3. The third-order valence-electron chi connectivity index (χ3n) is 5.80. The van der Waals surface area contributed by atoms with Gasteiger partial charge in [0.25, 0.3) is 5.56 Å². The number of nitrogens with one attached hydrogen (secondary N) is 2. The second-order valence-electron chi connectivity index (χ2n) is 8.88. The van der Waals surface area contributed by atoms with Gasteiger partial charge in [-0.15, -0.1) is 0 Å². The molecule has 1 aromatic heterocycles. The molecular formula is C23H26BrN3O2S. The summed E-state index contributed by atoms with van der Waals surface area (Å²) in [6.45, 7) is 8.44. The smallest absolute Gasteiger partial charge is 0.257 e. The fraction of sp³-hybridized carbons (Fsp3) is 0.435. The molecule has 158 valence electrons. The Morgan fingerprint density at radius 3 is 2.70 bits per heavy atom. The number of carbonyl (C=O) groups is 1. The zero-order valence-corrected chi connectivity index (χ0v) is 20.0. The van der Waals surface area contributed by atoms with Gasteiger partial charge in [0.1, 0.15) is 5.82 Å². The van der Waals surface area contributed by atoms with Gasteiger partial charge >= 0.3 is 0 Å². The number of Topliss-reactive ketones (excluding diaryl/α,β-unsaturated/α-hetero) is 1. The van der Waals surface area contributed by atoms with Crippen LogP contribution in [-0.2, 0) is 4.79 Å². The van der Waals surface area contributed by atoms with E-state index in [1.54, 1.807) is 11.8 Å². The molecule has 7 heteroatoms. The number of nitrogens with zero attached hydrogens (tertiary/aromatic N) is 1. The Hall–Kier alpha value is -1.86. The average Bonchev–Trinajstić information content (AvgIpc) is 2.65. The summed E-state index contributed by atoms with van der Waals surface area (Å²) in [6.07, 6.45) is 2.20. The van der Waals surface area contributed by atoms with Crippen molar-refractivity contribution in [2.45, 2.75) is 63.3 Å². The van der Waals surface area contributed by atoms with Crippen LogP contribution in [0, 0.1) is 5.41 Å².